The average molecular weight is 189 g/mol. The van der Waals surface area contributed by atoms with Crippen LogP contribution in [0.2, 0.25) is 0 Å². The van der Waals surface area contributed by atoms with Gasteiger partial charge in [0.15, 0.2) is 5.71 Å². The summed E-state index contributed by atoms with van der Waals surface area (Å²) in [5, 5.41) is 20.0. The first-order chi connectivity index (χ1) is 5.78. The number of esters is 1. The molecule has 0 aromatic rings. The van der Waals surface area contributed by atoms with E-state index in [0.717, 1.165) is 0 Å². The topological polar surface area (TPSA) is 79.1 Å². The predicted octanol–water partition coefficient (Wildman–Crippen LogP) is 0.539. The van der Waals surface area contributed by atoms with E-state index in [1.165, 1.54) is 6.92 Å². The van der Waals surface area contributed by atoms with Crippen molar-refractivity contribution in [2.24, 2.45) is 5.16 Å². The van der Waals surface area contributed by atoms with Crippen molar-refractivity contribution in [2.75, 3.05) is 0 Å². The second-order valence-electron chi connectivity index (χ2n) is 3.66. The minimum absolute atomic E-state index is 0.394. The van der Waals surface area contributed by atoms with E-state index in [2.05, 4.69) is 5.16 Å². The van der Waals surface area contributed by atoms with Crippen LogP contribution < -0.4 is 0 Å². The second-order valence-corrected chi connectivity index (χ2v) is 3.66. The molecule has 0 aliphatic rings. The highest BCUT2D eigenvalue weighted by atomic mass is 16.6. The lowest BCUT2D eigenvalue weighted by Gasteiger charge is -2.20. The average Bonchev–Trinajstić information content (AvgIpc) is 1.82. The number of carbonyl (C=O) groups is 1. The van der Waals surface area contributed by atoms with E-state index in [4.69, 9.17) is 15.1 Å². The molecule has 0 rings (SSSR count). The Morgan fingerprint density at radius 2 is 1.92 bits per heavy atom. The molecule has 0 aromatic carbocycles. The lowest BCUT2D eigenvalue weighted by atomic mass is 10.2. The Bertz CT molecular complexity index is 215. The Balaban J connectivity index is 4.43. The van der Waals surface area contributed by atoms with Crippen LogP contribution in [0.5, 0.6) is 0 Å². The molecule has 0 bridgehead atoms. The standard InChI is InChI=1S/C8H15NO4/c1-5(10)6(9-12)7(11)13-8(2,3)4/h5,10,12H,1-4H3/b9-6+. The molecule has 0 aliphatic carbocycles. The van der Waals surface area contributed by atoms with Gasteiger partial charge < -0.3 is 15.1 Å². The zero-order valence-electron chi connectivity index (χ0n) is 8.24. The van der Waals surface area contributed by atoms with Crippen LogP contribution in [0.1, 0.15) is 27.7 Å². The van der Waals surface area contributed by atoms with Gasteiger partial charge in [-0.05, 0) is 27.7 Å². The molecule has 5 nitrogen and oxygen atoms in total. The highest BCUT2D eigenvalue weighted by Gasteiger charge is 2.24. The Morgan fingerprint density at radius 1 is 1.46 bits per heavy atom. The van der Waals surface area contributed by atoms with E-state index in [0.29, 0.717) is 0 Å². The lowest BCUT2D eigenvalue weighted by molar-refractivity contribution is -0.146. The van der Waals surface area contributed by atoms with E-state index in [1.807, 2.05) is 0 Å². The van der Waals surface area contributed by atoms with Crippen LogP contribution in [-0.2, 0) is 9.53 Å². The van der Waals surface area contributed by atoms with E-state index in [9.17, 15) is 4.79 Å². The number of rotatable bonds is 2. The molecule has 0 spiro atoms. The van der Waals surface area contributed by atoms with Gasteiger partial charge in [-0.3, -0.25) is 0 Å². The first-order valence-electron chi connectivity index (χ1n) is 3.91. The van der Waals surface area contributed by atoms with Crippen molar-refractivity contribution in [2.45, 2.75) is 39.4 Å². The van der Waals surface area contributed by atoms with E-state index < -0.39 is 23.4 Å². The molecule has 0 heterocycles. The molecule has 13 heavy (non-hydrogen) atoms. The molecule has 1 atom stereocenters. The molecule has 0 aromatic heterocycles. The third kappa shape index (κ3) is 4.47. The van der Waals surface area contributed by atoms with Gasteiger partial charge in [-0.1, -0.05) is 5.16 Å². The van der Waals surface area contributed by atoms with Crippen LogP contribution in [0.4, 0.5) is 0 Å². The van der Waals surface area contributed by atoms with Gasteiger partial charge in [-0.15, -0.1) is 0 Å². The molecular formula is C8H15NO4. The Labute approximate surface area is 77.0 Å². The molecule has 2 N–H and O–H groups in total. The fourth-order valence-electron chi connectivity index (χ4n) is 0.625. The van der Waals surface area contributed by atoms with Crippen LogP contribution in [-0.4, -0.2) is 33.7 Å². The summed E-state index contributed by atoms with van der Waals surface area (Å²) in [6, 6.07) is 0. The van der Waals surface area contributed by atoms with E-state index in [1.54, 1.807) is 20.8 Å². The quantitative estimate of drug-likeness (QED) is 0.287. The zero-order valence-corrected chi connectivity index (χ0v) is 8.24. The molecule has 0 fully saturated rings. The van der Waals surface area contributed by atoms with Crippen molar-refractivity contribution in [1.82, 2.24) is 0 Å². The minimum Gasteiger partial charge on any atom is -0.455 e. The normalized spacial score (nSPS) is 15.3. The van der Waals surface area contributed by atoms with Crippen molar-refractivity contribution in [1.29, 1.82) is 0 Å². The minimum atomic E-state index is -1.14. The van der Waals surface area contributed by atoms with Crippen LogP contribution in [0.15, 0.2) is 5.16 Å². The van der Waals surface area contributed by atoms with Crippen LogP contribution in [0, 0.1) is 0 Å². The van der Waals surface area contributed by atoms with Crippen LogP contribution in [0.3, 0.4) is 0 Å². The van der Waals surface area contributed by atoms with E-state index >= 15 is 0 Å². The molecular weight excluding hydrogens is 174 g/mol. The highest BCUT2D eigenvalue weighted by molar-refractivity contribution is 6.37. The van der Waals surface area contributed by atoms with Gasteiger partial charge >= 0.3 is 5.97 Å². The number of aliphatic hydroxyl groups is 1. The highest BCUT2D eigenvalue weighted by Crippen LogP contribution is 2.08. The zero-order chi connectivity index (χ0) is 10.6. The number of hydrogen-bond acceptors (Lipinski definition) is 5. The number of ether oxygens (including phenoxy) is 1. The molecule has 0 saturated heterocycles. The summed E-state index contributed by atoms with van der Waals surface area (Å²) >= 11 is 0. The predicted molar refractivity (Wildman–Crippen MR) is 46.7 cm³/mol. The molecule has 0 saturated carbocycles. The van der Waals surface area contributed by atoms with Gasteiger partial charge in [0, 0.05) is 0 Å². The SMILES string of the molecule is CC(O)/C(=N\O)C(=O)OC(C)(C)C. The first kappa shape index (κ1) is 11.9. The maximum absolute atomic E-state index is 11.2. The summed E-state index contributed by atoms with van der Waals surface area (Å²) in [5.74, 6) is -0.815. The van der Waals surface area contributed by atoms with E-state index in [-0.39, 0.29) is 0 Å². The number of carbonyl (C=O) groups excluding carboxylic acids is 1. The van der Waals surface area contributed by atoms with Gasteiger partial charge in [0.25, 0.3) is 0 Å². The smallest absolute Gasteiger partial charge is 0.359 e. The van der Waals surface area contributed by atoms with Gasteiger partial charge in [0.05, 0.1) is 0 Å². The van der Waals surface area contributed by atoms with Crippen molar-refractivity contribution in [3.8, 4) is 0 Å². The fourth-order valence-corrected chi connectivity index (χ4v) is 0.625. The summed E-state index contributed by atoms with van der Waals surface area (Å²) in [6.45, 7) is 6.37. The molecule has 0 amide bonds. The van der Waals surface area contributed by atoms with Crippen LogP contribution in [0.25, 0.3) is 0 Å². The third-order valence-corrected chi connectivity index (χ3v) is 1.11. The lowest BCUT2D eigenvalue weighted by Crippen LogP contribution is -2.34. The molecule has 76 valence electrons. The summed E-state index contributed by atoms with van der Waals surface area (Å²) < 4.78 is 4.86. The Morgan fingerprint density at radius 3 is 2.15 bits per heavy atom. The Kier molecular flexibility index (Phi) is 3.87. The van der Waals surface area contributed by atoms with Gasteiger partial charge in [-0.2, -0.15) is 0 Å². The van der Waals surface area contributed by atoms with Gasteiger partial charge in [0.1, 0.15) is 11.7 Å². The van der Waals surface area contributed by atoms with Gasteiger partial charge in [0.2, 0.25) is 0 Å². The summed E-state index contributed by atoms with van der Waals surface area (Å²) in [7, 11) is 0. The Hall–Kier alpha value is -1.10. The molecule has 5 heteroatoms. The maximum Gasteiger partial charge on any atom is 0.359 e. The largest absolute Gasteiger partial charge is 0.455 e. The van der Waals surface area contributed by atoms with Crippen LogP contribution >= 0.6 is 0 Å². The van der Waals surface area contributed by atoms with Crippen molar-refractivity contribution in [3.05, 3.63) is 0 Å². The fraction of sp³-hybridized carbons (Fsp3) is 0.750. The number of hydrogen-bond donors (Lipinski definition) is 2. The maximum atomic E-state index is 11.2. The third-order valence-electron chi connectivity index (χ3n) is 1.11. The number of aliphatic hydroxyl groups excluding tert-OH is 1. The number of oxime groups is 1. The molecule has 1 unspecified atom stereocenters. The summed E-state index contributed by atoms with van der Waals surface area (Å²) in [6.07, 6.45) is -1.14. The molecule has 0 aliphatic heterocycles. The summed E-state index contributed by atoms with van der Waals surface area (Å²) in [4.78, 5) is 11.2. The van der Waals surface area contributed by atoms with Crippen molar-refractivity contribution < 1.29 is 19.8 Å². The van der Waals surface area contributed by atoms with Crippen molar-refractivity contribution in [3.63, 3.8) is 0 Å². The molecule has 0 radical (unpaired) electrons. The van der Waals surface area contributed by atoms with Gasteiger partial charge in [-0.25, -0.2) is 4.79 Å². The van der Waals surface area contributed by atoms with Crippen molar-refractivity contribution >= 4 is 11.7 Å². The first-order valence-corrected chi connectivity index (χ1v) is 3.91. The number of nitrogens with zero attached hydrogens (tertiary/aromatic N) is 1. The second kappa shape index (κ2) is 4.23. The monoisotopic (exact) mass is 189 g/mol. The summed E-state index contributed by atoms with van der Waals surface area (Å²) in [5.41, 5.74) is -1.06.